The Morgan fingerprint density at radius 2 is 2.21 bits per heavy atom. The lowest BCUT2D eigenvalue weighted by Crippen LogP contribution is -2.15. The van der Waals surface area contributed by atoms with Crippen LogP contribution in [-0.4, -0.2) is 16.3 Å². The fourth-order valence-corrected chi connectivity index (χ4v) is 1.44. The summed E-state index contributed by atoms with van der Waals surface area (Å²) in [4.78, 5) is 0. The van der Waals surface area contributed by atoms with Crippen molar-refractivity contribution in [3.05, 3.63) is 17.5 Å². The molecular formula is C11H21N3. The third kappa shape index (κ3) is 3.14. The van der Waals surface area contributed by atoms with E-state index >= 15 is 0 Å². The average molecular weight is 195 g/mol. The number of nitrogens with zero attached hydrogens (tertiary/aromatic N) is 2. The van der Waals surface area contributed by atoms with E-state index in [9.17, 15) is 0 Å². The molecule has 1 rings (SSSR count). The first-order valence-electron chi connectivity index (χ1n) is 5.44. The van der Waals surface area contributed by atoms with Gasteiger partial charge in [0.25, 0.3) is 0 Å². The summed E-state index contributed by atoms with van der Waals surface area (Å²) in [5, 5.41) is 7.65. The molecule has 0 spiro atoms. The van der Waals surface area contributed by atoms with Crippen LogP contribution in [0.4, 0.5) is 0 Å². The van der Waals surface area contributed by atoms with Crippen LogP contribution in [0, 0.1) is 6.92 Å². The molecule has 1 aromatic rings. The molecule has 0 unspecified atom stereocenters. The first-order chi connectivity index (χ1) is 6.75. The molecule has 14 heavy (non-hydrogen) atoms. The van der Waals surface area contributed by atoms with Gasteiger partial charge in [0.05, 0.1) is 6.20 Å². The Hall–Kier alpha value is -0.830. The predicted octanol–water partition coefficient (Wildman–Crippen LogP) is 2.01. The minimum absolute atomic E-state index is 0.948. The average Bonchev–Trinajstić information content (AvgIpc) is 2.49. The first-order valence-corrected chi connectivity index (χ1v) is 5.44. The van der Waals surface area contributed by atoms with E-state index in [0.29, 0.717) is 0 Å². The normalized spacial score (nSPS) is 10.8. The van der Waals surface area contributed by atoms with Gasteiger partial charge in [-0.15, -0.1) is 0 Å². The maximum absolute atomic E-state index is 4.21. The number of rotatable bonds is 6. The third-order valence-corrected chi connectivity index (χ3v) is 2.61. The van der Waals surface area contributed by atoms with Crippen LogP contribution >= 0.6 is 0 Å². The lowest BCUT2D eigenvalue weighted by Gasteiger charge is -2.03. The lowest BCUT2D eigenvalue weighted by molar-refractivity contribution is 0.614. The highest BCUT2D eigenvalue weighted by molar-refractivity contribution is 5.15. The van der Waals surface area contributed by atoms with Crippen LogP contribution in [-0.2, 0) is 13.6 Å². The minimum Gasteiger partial charge on any atom is -0.313 e. The van der Waals surface area contributed by atoms with Crippen molar-refractivity contribution in [2.45, 2.75) is 39.7 Å². The molecule has 0 aliphatic rings. The zero-order chi connectivity index (χ0) is 10.4. The highest BCUT2D eigenvalue weighted by Gasteiger charge is 2.01. The molecule has 0 saturated carbocycles. The van der Waals surface area contributed by atoms with Gasteiger partial charge >= 0.3 is 0 Å². The molecule has 0 aromatic carbocycles. The van der Waals surface area contributed by atoms with Crippen LogP contribution in [0.5, 0.6) is 0 Å². The Bertz CT molecular complexity index is 265. The minimum atomic E-state index is 0.948. The van der Waals surface area contributed by atoms with E-state index in [0.717, 1.165) is 13.1 Å². The summed E-state index contributed by atoms with van der Waals surface area (Å²) in [6, 6.07) is 0. The van der Waals surface area contributed by atoms with Gasteiger partial charge in [0, 0.05) is 24.8 Å². The smallest absolute Gasteiger partial charge is 0.0537 e. The van der Waals surface area contributed by atoms with Crippen molar-refractivity contribution in [2.75, 3.05) is 6.54 Å². The topological polar surface area (TPSA) is 29.9 Å². The van der Waals surface area contributed by atoms with E-state index < -0.39 is 0 Å². The standard InChI is InChI=1S/C11H21N3/c1-4-5-6-7-12-8-11-9-13-14(3)10(11)2/h9,12H,4-8H2,1-3H3. The van der Waals surface area contributed by atoms with Crippen molar-refractivity contribution in [1.29, 1.82) is 0 Å². The Morgan fingerprint density at radius 3 is 2.79 bits per heavy atom. The van der Waals surface area contributed by atoms with Gasteiger partial charge in [-0.3, -0.25) is 4.68 Å². The van der Waals surface area contributed by atoms with E-state index in [1.165, 1.54) is 30.5 Å². The van der Waals surface area contributed by atoms with Gasteiger partial charge in [0.1, 0.15) is 0 Å². The van der Waals surface area contributed by atoms with Crippen LogP contribution in [0.25, 0.3) is 0 Å². The molecule has 0 atom stereocenters. The fourth-order valence-electron chi connectivity index (χ4n) is 1.44. The zero-order valence-corrected chi connectivity index (χ0v) is 9.51. The molecule has 3 nitrogen and oxygen atoms in total. The maximum atomic E-state index is 4.21. The van der Waals surface area contributed by atoms with Gasteiger partial charge in [0.15, 0.2) is 0 Å². The van der Waals surface area contributed by atoms with Crippen molar-refractivity contribution in [3.63, 3.8) is 0 Å². The fraction of sp³-hybridized carbons (Fsp3) is 0.727. The summed E-state index contributed by atoms with van der Waals surface area (Å²) in [5.74, 6) is 0. The highest BCUT2D eigenvalue weighted by Crippen LogP contribution is 2.04. The number of nitrogens with one attached hydrogen (secondary N) is 1. The molecule has 0 aliphatic carbocycles. The molecule has 1 aromatic heterocycles. The molecule has 1 heterocycles. The van der Waals surface area contributed by atoms with Gasteiger partial charge in [0.2, 0.25) is 0 Å². The molecule has 80 valence electrons. The van der Waals surface area contributed by atoms with Crippen LogP contribution in [0.1, 0.15) is 37.4 Å². The second-order valence-corrected chi connectivity index (χ2v) is 3.76. The number of aromatic nitrogens is 2. The van der Waals surface area contributed by atoms with Gasteiger partial charge in [-0.05, 0) is 19.9 Å². The molecule has 0 aliphatic heterocycles. The number of unbranched alkanes of at least 4 members (excludes halogenated alkanes) is 2. The third-order valence-electron chi connectivity index (χ3n) is 2.61. The van der Waals surface area contributed by atoms with Crippen LogP contribution < -0.4 is 5.32 Å². The second-order valence-electron chi connectivity index (χ2n) is 3.76. The second kappa shape index (κ2) is 5.81. The zero-order valence-electron chi connectivity index (χ0n) is 9.51. The van der Waals surface area contributed by atoms with Crippen molar-refractivity contribution < 1.29 is 0 Å². The van der Waals surface area contributed by atoms with Crippen LogP contribution in [0.2, 0.25) is 0 Å². The van der Waals surface area contributed by atoms with Crippen LogP contribution in [0.3, 0.4) is 0 Å². The van der Waals surface area contributed by atoms with E-state index in [-0.39, 0.29) is 0 Å². The van der Waals surface area contributed by atoms with Gasteiger partial charge < -0.3 is 5.32 Å². The van der Waals surface area contributed by atoms with E-state index in [4.69, 9.17) is 0 Å². The van der Waals surface area contributed by atoms with Crippen molar-refractivity contribution >= 4 is 0 Å². The quantitative estimate of drug-likeness (QED) is 0.704. The largest absolute Gasteiger partial charge is 0.313 e. The van der Waals surface area contributed by atoms with Crippen molar-refractivity contribution in [1.82, 2.24) is 15.1 Å². The summed E-state index contributed by atoms with van der Waals surface area (Å²) >= 11 is 0. The molecule has 0 fully saturated rings. The Morgan fingerprint density at radius 1 is 1.43 bits per heavy atom. The van der Waals surface area contributed by atoms with E-state index in [1.54, 1.807) is 0 Å². The molecule has 0 amide bonds. The monoisotopic (exact) mass is 195 g/mol. The number of hydrogen-bond donors (Lipinski definition) is 1. The summed E-state index contributed by atoms with van der Waals surface area (Å²) in [6.07, 6.45) is 5.82. The van der Waals surface area contributed by atoms with Gasteiger partial charge in [-0.2, -0.15) is 5.10 Å². The predicted molar refractivity (Wildman–Crippen MR) is 59.2 cm³/mol. The molecule has 1 N–H and O–H groups in total. The van der Waals surface area contributed by atoms with Crippen LogP contribution in [0.15, 0.2) is 6.20 Å². The Kier molecular flexibility index (Phi) is 4.66. The first kappa shape index (κ1) is 11.2. The molecular weight excluding hydrogens is 174 g/mol. The Balaban J connectivity index is 2.21. The maximum Gasteiger partial charge on any atom is 0.0537 e. The summed E-state index contributed by atoms with van der Waals surface area (Å²) in [6.45, 7) is 6.40. The molecule has 3 heteroatoms. The number of aryl methyl sites for hydroxylation is 1. The molecule has 0 radical (unpaired) electrons. The highest BCUT2D eigenvalue weighted by atomic mass is 15.3. The van der Waals surface area contributed by atoms with Gasteiger partial charge in [-0.1, -0.05) is 19.8 Å². The summed E-state index contributed by atoms with van der Waals surface area (Å²) in [7, 11) is 1.98. The van der Waals surface area contributed by atoms with E-state index in [2.05, 4.69) is 24.3 Å². The molecule has 0 saturated heterocycles. The van der Waals surface area contributed by atoms with E-state index in [1.807, 2.05) is 17.9 Å². The SMILES string of the molecule is CCCCCNCc1cnn(C)c1C. The van der Waals surface area contributed by atoms with Crippen molar-refractivity contribution in [3.8, 4) is 0 Å². The van der Waals surface area contributed by atoms with Crippen molar-refractivity contribution in [2.24, 2.45) is 7.05 Å². The summed E-state index contributed by atoms with van der Waals surface area (Å²) < 4.78 is 1.92. The summed E-state index contributed by atoms with van der Waals surface area (Å²) in [5.41, 5.74) is 2.57. The lowest BCUT2D eigenvalue weighted by atomic mass is 10.2. The number of hydrogen-bond acceptors (Lipinski definition) is 2. The Labute approximate surface area is 86.5 Å². The van der Waals surface area contributed by atoms with Gasteiger partial charge in [-0.25, -0.2) is 0 Å². The molecule has 0 bridgehead atoms.